The monoisotopic (exact) mass is 133 g/mol. The molecule has 0 aromatic carbocycles. The van der Waals surface area contributed by atoms with Gasteiger partial charge < -0.3 is 10.5 Å². The number of carbonyl (C=O) groups is 1. The average Bonchev–Trinajstić information content (AvgIpc) is 1.89. The number of aldehydes is 1. The average molecular weight is 133 g/mol. The maximum atomic E-state index is 9.87. The van der Waals surface area contributed by atoms with Crippen LogP contribution in [0, 0.1) is 0 Å². The lowest BCUT2D eigenvalue weighted by atomic mass is 10.2. The maximum Gasteiger partial charge on any atom is 0.136 e. The Hall–Kier alpha value is -0.450. The first kappa shape index (κ1) is 8.55. The van der Waals surface area contributed by atoms with Gasteiger partial charge in [0.1, 0.15) is 6.29 Å². The molecular formula is C5H11NO3. The van der Waals surface area contributed by atoms with E-state index in [0.29, 0.717) is 19.1 Å². The molecule has 0 bridgehead atoms. The van der Waals surface area contributed by atoms with Crippen molar-refractivity contribution >= 4 is 6.29 Å². The van der Waals surface area contributed by atoms with Crippen molar-refractivity contribution in [2.24, 2.45) is 5.73 Å². The van der Waals surface area contributed by atoms with Gasteiger partial charge in [0, 0.05) is 0 Å². The molecule has 0 unspecified atom stereocenters. The van der Waals surface area contributed by atoms with Crippen LogP contribution in [0.3, 0.4) is 0 Å². The number of nitrogens with two attached hydrogens (primary N) is 1. The van der Waals surface area contributed by atoms with Crippen molar-refractivity contribution in [3.05, 3.63) is 0 Å². The molecule has 4 nitrogen and oxygen atoms in total. The van der Waals surface area contributed by atoms with Crippen molar-refractivity contribution in [1.82, 2.24) is 0 Å². The predicted molar refractivity (Wildman–Crippen MR) is 31.9 cm³/mol. The molecule has 0 spiro atoms. The van der Waals surface area contributed by atoms with Crippen molar-refractivity contribution in [3.8, 4) is 0 Å². The van der Waals surface area contributed by atoms with Crippen LogP contribution in [0.5, 0.6) is 0 Å². The maximum absolute atomic E-state index is 9.87. The summed E-state index contributed by atoms with van der Waals surface area (Å²) in [5.74, 6) is 0. The molecule has 0 radical (unpaired) electrons. The summed E-state index contributed by atoms with van der Waals surface area (Å²) in [4.78, 5) is 13.6. The molecule has 0 fully saturated rings. The first-order valence-electron chi connectivity index (χ1n) is 2.78. The zero-order chi connectivity index (χ0) is 7.11. The van der Waals surface area contributed by atoms with Gasteiger partial charge >= 0.3 is 0 Å². The minimum atomic E-state index is -0.417. The predicted octanol–water partition coefficient (Wildman–Crippen LogP) is -0.218. The Bertz CT molecular complexity index is 76.6. The van der Waals surface area contributed by atoms with Gasteiger partial charge in [-0.05, 0) is 12.8 Å². The Morgan fingerprint density at radius 2 is 2.44 bits per heavy atom. The van der Waals surface area contributed by atoms with Gasteiger partial charge in [0.15, 0.2) is 0 Å². The second kappa shape index (κ2) is 5.68. The van der Waals surface area contributed by atoms with E-state index in [4.69, 9.17) is 11.0 Å². The molecule has 0 aliphatic carbocycles. The lowest BCUT2D eigenvalue weighted by molar-refractivity contribution is -0.242. The Labute approximate surface area is 53.5 Å². The molecule has 1 atom stereocenters. The van der Waals surface area contributed by atoms with Crippen LogP contribution in [-0.4, -0.2) is 24.2 Å². The zero-order valence-electron chi connectivity index (χ0n) is 5.12. The standard InChI is InChI=1S/C5H11NO3/c6-5(4-7)2-1-3-9-8/h4-5,8H,1-3,6H2/t5-/m1/s1. The summed E-state index contributed by atoms with van der Waals surface area (Å²) >= 11 is 0. The summed E-state index contributed by atoms with van der Waals surface area (Å²) in [5, 5.41) is 7.82. The smallest absolute Gasteiger partial charge is 0.136 e. The van der Waals surface area contributed by atoms with Crippen LogP contribution in [-0.2, 0) is 9.68 Å². The second-order valence-corrected chi connectivity index (χ2v) is 1.78. The van der Waals surface area contributed by atoms with Gasteiger partial charge in [-0.15, -0.1) is 0 Å². The van der Waals surface area contributed by atoms with Crippen LogP contribution in [0.25, 0.3) is 0 Å². The molecule has 9 heavy (non-hydrogen) atoms. The van der Waals surface area contributed by atoms with E-state index in [-0.39, 0.29) is 6.61 Å². The summed E-state index contributed by atoms with van der Waals surface area (Å²) in [6, 6.07) is -0.417. The highest BCUT2D eigenvalue weighted by molar-refractivity contribution is 5.56. The summed E-state index contributed by atoms with van der Waals surface area (Å²) in [5.41, 5.74) is 5.21. The van der Waals surface area contributed by atoms with Gasteiger partial charge in [-0.3, -0.25) is 5.26 Å². The van der Waals surface area contributed by atoms with Crippen LogP contribution in [0.15, 0.2) is 0 Å². The normalized spacial score (nSPS) is 13.1. The summed E-state index contributed by atoms with van der Waals surface area (Å²) in [6.07, 6.45) is 1.85. The lowest BCUT2D eigenvalue weighted by Gasteiger charge is -1.99. The van der Waals surface area contributed by atoms with E-state index in [0.717, 1.165) is 0 Å². The summed E-state index contributed by atoms with van der Waals surface area (Å²) < 4.78 is 0. The number of carbonyl (C=O) groups excluding carboxylic acids is 1. The Morgan fingerprint density at radius 3 is 2.89 bits per heavy atom. The molecule has 0 saturated heterocycles. The molecule has 4 heteroatoms. The van der Waals surface area contributed by atoms with Gasteiger partial charge in [-0.2, -0.15) is 0 Å². The van der Waals surface area contributed by atoms with Crippen molar-refractivity contribution in [1.29, 1.82) is 0 Å². The third-order valence-electron chi connectivity index (χ3n) is 0.948. The second-order valence-electron chi connectivity index (χ2n) is 1.78. The van der Waals surface area contributed by atoms with Crippen LogP contribution in [0.1, 0.15) is 12.8 Å². The number of hydrogen-bond acceptors (Lipinski definition) is 4. The SMILES string of the molecule is N[C@@H](C=O)CCCOO. The van der Waals surface area contributed by atoms with Crippen LogP contribution >= 0.6 is 0 Å². The Kier molecular flexibility index (Phi) is 5.40. The highest BCUT2D eigenvalue weighted by atomic mass is 17.1. The first-order valence-corrected chi connectivity index (χ1v) is 2.78. The Morgan fingerprint density at radius 1 is 1.78 bits per heavy atom. The molecule has 0 aromatic heterocycles. The van der Waals surface area contributed by atoms with E-state index < -0.39 is 6.04 Å². The number of hydrogen-bond donors (Lipinski definition) is 2. The molecule has 0 aliphatic heterocycles. The van der Waals surface area contributed by atoms with E-state index in [1.54, 1.807) is 0 Å². The number of rotatable bonds is 5. The fourth-order valence-electron chi connectivity index (χ4n) is 0.452. The molecule has 0 rings (SSSR count). The van der Waals surface area contributed by atoms with Gasteiger partial charge in [0.2, 0.25) is 0 Å². The molecule has 0 aliphatic rings. The Balaban J connectivity index is 2.96. The highest BCUT2D eigenvalue weighted by Crippen LogP contribution is 1.90. The van der Waals surface area contributed by atoms with Crippen LogP contribution < -0.4 is 5.73 Å². The third-order valence-corrected chi connectivity index (χ3v) is 0.948. The fraction of sp³-hybridized carbons (Fsp3) is 0.800. The fourth-order valence-corrected chi connectivity index (χ4v) is 0.452. The quantitative estimate of drug-likeness (QED) is 0.235. The van der Waals surface area contributed by atoms with Crippen LogP contribution in [0.4, 0.5) is 0 Å². The van der Waals surface area contributed by atoms with E-state index in [9.17, 15) is 4.79 Å². The molecule has 3 N–H and O–H groups in total. The largest absolute Gasteiger partial charge is 0.322 e. The molecule has 0 aromatic rings. The van der Waals surface area contributed by atoms with E-state index in [2.05, 4.69) is 4.89 Å². The third kappa shape index (κ3) is 5.42. The molecule has 54 valence electrons. The van der Waals surface area contributed by atoms with Gasteiger partial charge in [0.05, 0.1) is 12.6 Å². The topological polar surface area (TPSA) is 72.6 Å². The molecular weight excluding hydrogens is 122 g/mol. The minimum absolute atomic E-state index is 0.238. The molecule has 0 saturated carbocycles. The van der Waals surface area contributed by atoms with Crippen molar-refractivity contribution in [2.45, 2.75) is 18.9 Å². The van der Waals surface area contributed by atoms with Crippen molar-refractivity contribution in [2.75, 3.05) is 6.61 Å². The van der Waals surface area contributed by atoms with Gasteiger partial charge in [-0.25, -0.2) is 4.89 Å². The summed E-state index contributed by atoms with van der Waals surface area (Å²) in [6.45, 7) is 0.238. The minimum Gasteiger partial charge on any atom is -0.322 e. The molecule has 0 amide bonds. The zero-order valence-corrected chi connectivity index (χ0v) is 5.12. The van der Waals surface area contributed by atoms with E-state index in [1.165, 1.54) is 0 Å². The van der Waals surface area contributed by atoms with E-state index >= 15 is 0 Å². The van der Waals surface area contributed by atoms with Crippen molar-refractivity contribution < 1.29 is 14.9 Å². The van der Waals surface area contributed by atoms with Crippen molar-refractivity contribution in [3.63, 3.8) is 0 Å². The van der Waals surface area contributed by atoms with Gasteiger partial charge in [-0.1, -0.05) is 0 Å². The lowest BCUT2D eigenvalue weighted by Crippen LogP contribution is -2.21. The van der Waals surface area contributed by atoms with Crippen LogP contribution in [0.2, 0.25) is 0 Å². The molecule has 0 heterocycles. The first-order chi connectivity index (χ1) is 4.31. The van der Waals surface area contributed by atoms with Gasteiger partial charge in [0.25, 0.3) is 0 Å². The van der Waals surface area contributed by atoms with E-state index in [1.807, 2.05) is 0 Å². The highest BCUT2D eigenvalue weighted by Gasteiger charge is 1.97. The summed E-state index contributed by atoms with van der Waals surface area (Å²) in [7, 11) is 0.